The molecule has 0 bridgehead atoms. The minimum absolute atomic E-state index is 0.0914. The summed E-state index contributed by atoms with van der Waals surface area (Å²) in [6.07, 6.45) is 0.613. The number of fused-ring (bicyclic) bond motifs is 2. The fraction of sp³-hybridized carbons (Fsp3) is 0.364. The fourth-order valence-electron chi connectivity index (χ4n) is 2.39. The van der Waals surface area contributed by atoms with Crippen molar-refractivity contribution >= 4 is 27.5 Å². The molecule has 1 unspecified atom stereocenters. The van der Waals surface area contributed by atoms with Crippen LogP contribution in [-0.4, -0.2) is 19.1 Å². The number of rotatable bonds is 0. The Kier molecular flexibility index (Phi) is 2.09. The first-order valence-corrected chi connectivity index (χ1v) is 5.81. The Morgan fingerprint density at radius 3 is 3.00 bits per heavy atom. The quantitative estimate of drug-likeness (QED) is 0.794. The zero-order valence-electron chi connectivity index (χ0n) is 8.35. The van der Waals surface area contributed by atoms with Crippen LogP contribution >= 0.6 is 15.9 Å². The third-order valence-corrected chi connectivity index (χ3v) is 3.89. The zero-order valence-corrected chi connectivity index (χ0v) is 9.93. The summed E-state index contributed by atoms with van der Waals surface area (Å²) in [6, 6.07) is 2.78. The van der Waals surface area contributed by atoms with Gasteiger partial charge in [0.2, 0.25) is 5.91 Å². The summed E-state index contributed by atoms with van der Waals surface area (Å²) in [5, 5.41) is 2.79. The van der Waals surface area contributed by atoms with Crippen molar-refractivity contribution in [3.8, 4) is 0 Å². The fourth-order valence-corrected chi connectivity index (χ4v) is 2.92. The lowest BCUT2D eigenvalue weighted by molar-refractivity contribution is -0.120. The summed E-state index contributed by atoms with van der Waals surface area (Å²) in [7, 11) is 0. The van der Waals surface area contributed by atoms with E-state index in [4.69, 9.17) is 4.74 Å². The molecule has 0 radical (unpaired) electrons. The molecule has 2 aliphatic rings. The molecule has 0 aliphatic carbocycles. The van der Waals surface area contributed by atoms with Crippen LogP contribution in [-0.2, 0) is 14.9 Å². The van der Waals surface area contributed by atoms with Crippen molar-refractivity contribution in [3.05, 3.63) is 28.0 Å². The van der Waals surface area contributed by atoms with Crippen LogP contribution in [0.4, 0.5) is 10.1 Å². The van der Waals surface area contributed by atoms with E-state index in [2.05, 4.69) is 21.2 Å². The maximum absolute atomic E-state index is 13.4. The second-order valence-electron chi connectivity index (χ2n) is 4.15. The number of halogens is 2. The largest absolute Gasteiger partial charge is 0.380 e. The minimum atomic E-state index is -0.681. The van der Waals surface area contributed by atoms with Gasteiger partial charge < -0.3 is 10.1 Å². The molecule has 2 heterocycles. The van der Waals surface area contributed by atoms with E-state index in [0.717, 1.165) is 0 Å². The third-order valence-electron chi connectivity index (χ3n) is 3.27. The van der Waals surface area contributed by atoms with Crippen LogP contribution in [0.3, 0.4) is 0 Å². The maximum Gasteiger partial charge on any atom is 0.237 e. The van der Waals surface area contributed by atoms with Gasteiger partial charge in [0.25, 0.3) is 0 Å². The average molecular weight is 286 g/mol. The molecular formula is C11H9BrFNO2. The Labute approximate surface area is 100 Å². The van der Waals surface area contributed by atoms with Crippen LogP contribution < -0.4 is 5.32 Å². The van der Waals surface area contributed by atoms with E-state index in [-0.39, 0.29) is 11.7 Å². The molecule has 5 heteroatoms. The van der Waals surface area contributed by atoms with Gasteiger partial charge in [-0.05, 0) is 40.0 Å². The van der Waals surface area contributed by atoms with Gasteiger partial charge in [-0.25, -0.2) is 4.39 Å². The van der Waals surface area contributed by atoms with Crippen LogP contribution in [0.2, 0.25) is 0 Å². The number of ether oxygens (including phenoxy) is 1. The lowest BCUT2D eigenvalue weighted by atomic mass is 9.81. The van der Waals surface area contributed by atoms with E-state index >= 15 is 0 Å². The van der Waals surface area contributed by atoms with E-state index in [1.54, 1.807) is 0 Å². The Hall–Kier alpha value is -0.940. The first-order valence-electron chi connectivity index (χ1n) is 5.02. The predicted molar refractivity (Wildman–Crippen MR) is 59.8 cm³/mol. The maximum atomic E-state index is 13.4. The molecule has 3 nitrogen and oxygen atoms in total. The molecule has 1 aromatic carbocycles. The molecule has 1 amide bonds. The molecule has 0 saturated carbocycles. The van der Waals surface area contributed by atoms with Crippen molar-refractivity contribution in [1.29, 1.82) is 0 Å². The monoisotopic (exact) mass is 285 g/mol. The molecule has 1 N–H and O–H groups in total. The van der Waals surface area contributed by atoms with E-state index in [0.29, 0.717) is 35.4 Å². The van der Waals surface area contributed by atoms with E-state index in [1.807, 2.05) is 0 Å². The normalized spacial score (nSPS) is 27.2. The Bertz CT molecular complexity index is 483. The molecule has 3 rings (SSSR count). The Morgan fingerprint density at radius 1 is 1.50 bits per heavy atom. The molecule has 2 aliphatic heterocycles. The van der Waals surface area contributed by atoms with Crippen LogP contribution in [0.5, 0.6) is 0 Å². The highest BCUT2D eigenvalue weighted by Crippen LogP contribution is 2.46. The van der Waals surface area contributed by atoms with Gasteiger partial charge in [-0.3, -0.25) is 4.79 Å². The van der Waals surface area contributed by atoms with Gasteiger partial charge in [0.05, 0.1) is 12.3 Å². The molecule has 1 spiro atoms. The lowest BCUT2D eigenvalue weighted by Gasteiger charge is -2.18. The van der Waals surface area contributed by atoms with E-state index in [9.17, 15) is 9.18 Å². The predicted octanol–water partition coefficient (Wildman–Crippen LogP) is 2.20. The highest BCUT2D eigenvalue weighted by Gasteiger charge is 2.50. The summed E-state index contributed by atoms with van der Waals surface area (Å²) in [4.78, 5) is 12.0. The van der Waals surface area contributed by atoms with Crippen LogP contribution in [0, 0.1) is 5.82 Å². The second kappa shape index (κ2) is 3.28. The van der Waals surface area contributed by atoms with Crippen molar-refractivity contribution < 1.29 is 13.9 Å². The van der Waals surface area contributed by atoms with Crippen molar-refractivity contribution in [2.24, 2.45) is 0 Å². The molecule has 0 aromatic heterocycles. The van der Waals surface area contributed by atoms with Crippen molar-refractivity contribution in [2.75, 3.05) is 18.5 Å². The van der Waals surface area contributed by atoms with Crippen molar-refractivity contribution in [1.82, 2.24) is 0 Å². The molecule has 1 atom stereocenters. The van der Waals surface area contributed by atoms with Gasteiger partial charge >= 0.3 is 0 Å². The smallest absolute Gasteiger partial charge is 0.237 e. The number of benzene rings is 1. The summed E-state index contributed by atoms with van der Waals surface area (Å²) < 4.78 is 19.3. The number of hydrogen-bond donors (Lipinski definition) is 1. The third kappa shape index (κ3) is 1.18. The highest BCUT2D eigenvalue weighted by molar-refractivity contribution is 9.10. The Morgan fingerprint density at radius 2 is 2.31 bits per heavy atom. The van der Waals surface area contributed by atoms with Crippen LogP contribution in [0.25, 0.3) is 0 Å². The Balaban J connectivity index is 2.24. The molecule has 1 saturated heterocycles. The minimum Gasteiger partial charge on any atom is -0.380 e. The first kappa shape index (κ1) is 10.2. The number of nitrogens with one attached hydrogen (secondary N) is 1. The lowest BCUT2D eigenvalue weighted by Crippen LogP contribution is -2.34. The van der Waals surface area contributed by atoms with Gasteiger partial charge in [-0.1, -0.05) is 0 Å². The summed E-state index contributed by atoms with van der Waals surface area (Å²) >= 11 is 3.26. The number of amides is 1. The van der Waals surface area contributed by atoms with Crippen LogP contribution in [0.1, 0.15) is 12.0 Å². The summed E-state index contributed by atoms with van der Waals surface area (Å²) in [6.45, 7) is 0.878. The highest BCUT2D eigenvalue weighted by atomic mass is 79.9. The summed E-state index contributed by atoms with van der Waals surface area (Å²) in [5.74, 6) is -0.431. The van der Waals surface area contributed by atoms with Crippen molar-refractivity contribution in [3.63, 3.8) is 0 Å². The van der Waals surface area contributed by atoms with E-state index in [1.165, 1.54) is 12.1 Å². The van der Waals surface area contributed by atoms with E-state index < -0.39 is 5.41 Å². The van der Waals surface area contributed by atoms with Crippen molar-refractivity contribution in [2.45, 2.75) is 11.8 Å². The number of hydrogen-bond acceptors (Lipinski definition) is 2. The summed E-state index contributed by atoms with van der Waals surface area (Å²) in [5.41, 5.74) is 0.707. The molecule has 84 valence electrons. The number of carbonyl (C=O) groups is 1. The molecular weight excluding hydrogens is 277 g/mol. The number of carbonyl (C=O) groups excluding carboxylic acids is 1. The number of anilines is 1. The second-order valence-corrected chi connectivity index (χ2v) is 5.00. The topological polar surface area (TPSA) is 38.3 Å². The van der Waals surface area contributed by atoms with Crippen LogP contribution in [0.15, 0.2) is 16.6 Å². The molecule has 1 aromatic rings. The zero-order chi connectivity index (χ0) is 11.3. The van der Waals surface area contributed by atoms with Gasteiger partial charge in [0.15, 0.2) is 0 Å². The molecule has 16 heavy (non-hydrogen) atoms. The molecule has 1 fully saturated rings. The SMILES string of the molecule is O=C1Nc2c(Br)cc(F)cc2C12CCOC2. The first-order chi connectivity index (χ1) is 7.63. The van der Waals surface area contributed by atoms with Gasteiger partial charge in [0, 0.05) is 11.1 Å². The van der Waals surface area contributed by atoms with Gasteiger partial charge in [-0.2, -0.15) is 0 Å². The average Bonchev–Trinajstić information content (AvgIpc) is 2.79. The van der Waals surface area contributed by atoms with Gasteiger partial charge in [0.1, 0.15) is 11.2 Å². The van der Waals surface area contributed by atoms with Gasteiger partial charge in [-0.15, -0.1) is 0 Å². The standard InChI is InChI=1S/C11H9BrFNO2/c12-8-4-6(13)3-7-9(8)14-10(15)11(7)1-2-16-5-11/h3-4H,1-2,5H2,(H,14,15).